The van der Waals surface area contributed by atoms with Crippen molar-refractivity contribution in [3.8, 4) is 0 Å². The van der Waals surface area contributed by atoms with Crippen molar-refractivity contribution in [2.24, 2.45) is 5.84 Å². The number of rotatable bonds is 5. The first kappa shape index (κ1) is 12.2. The van der Waals surface area contributed by atoms with Crippen molar-refractivity contribution in [3.63, 3.8) is 0 Å². The lowest BCUT2D eigenvalue weighted by atomic mass is 10.1. The van der Waals surface area contributed by atoms with E-state index in [4.69, 9.17) is 5.84 Å². The van der Waals surface area contributed by atoms with Crippen LogP contribution in [0.3, 0.4) is 0 Å². The first-order valence-corrected chi connectivity index (χ1v) is 6.44. The second kappa shape index (κ2) is 5.39. The second-order valence-electron chi connectivity index (χ2n) is 3.91. The molecule has 2 rings (SSSR count). The van der Waals surface area contributed by atoms with E-state index in [2.05, 4.69) is 28.6 Å². The van der Waals surface area contributed by atoms with Gasteiger partial charge in [-0.15, -0.1) is 11.3 Å². The molecule has 6 heteroatoms. The Morgan fingerprint density at radius 2 is 2.35 bits per heavy atom. The van der Waals surface area contributed by atoms with E-state index >= 15 is 0 Å². The van der Waals surface area contributed by atoms with E-state index in [9.17, 15) is 0 Å². The maximum Gasteiger partial charge on any atom is 0.0897 e. The van der Waals surface area contributed by atoms with Gasteiger partial charge in [0.15, 0.2) is 0 Å². The van der Waals surface area contributed by atoms with Crippen molar-refractivity contribution in [1.29, 1.82) is 0 Å². The Morgan fingerprint density at radius 1 is 1.53 bits per heavy atom. The predicted molar refractivity (Wildman–Crippen MR) is 68.5 cm³/mol. The number of hydrogen-bond donors (Lipinski definition) is 2. The molecule has 0 saturated heterocycles. The molecular weight excluding hydrogens is 234 g/mol. The Labute approximate surface area is 105 Å². The summed E-state index contributed by atoms with van der Waals surface area (Å²) in [6.45, 7) is 4.96. The van der Waals surface area contributed by atoms with Gasteiger partial charge in [-0.05, 0) is 25.8 Å². The molecule has 0 aromatic carbocycles. The van der Waals surface area contributed by atoms with Crippen LogP contribution >= 0.6 is 11.3 Å². The average Bonchev–Trinajstić information content (AvgIpc) is 2.94. The van der Waals surface area contributed by atoms with Crippen LogP contribution in [0, 0.1) is 6.92 Å². The minimum absolute atomic E-state index is 0.107. The normalized spacial score (nSPS) is 12.9. The standard InChI is InChI=1S/C11H17N5S/c1-3-16-7-9(5-14-16)4-10(15-12)11-6-13-8(2)17-11/h5-7,10,15H,3-4,12H2,1-2H3. The molecule has 0 fully saturated rings. The number of nitrogens with two attached hydrogens (primary N) is 1. The van der Waals surface area contributed by atoms with Crippen molar-refractivity contribution in [1.82, 2.24) is 20.2 Å². The molecule has 0 radical (unpaired) electrons. The molecule has 0 saturated carbocycles. The van der Waals surface area contributed by atoms with Gasteiger partial charge >= 0.3 is 0 Å². The summed E-state index contributed by atoms with van der Waals surface area (Å²) in [5.41, 5.74) is 4.02. The highest BCUT2D eigenvalue weighted by atomic mass is 32.1. The zero-order valence-electron chi connectivity index (χ0n) is 10.1. The molecule has 0 bridgehead atoms. The van der Waals surface area contributed by atoms with Crippen LogP contribution in [0.15, 0.2) is 18.6 Å². The van der Waals surface area contributed by atoms with E-state index in [0.29, 0.717) is 0 Å². The number of hydrogen-bond acceptors (Lipinski definition) is 5. The van der Waals surface area contributed by atoms with Crippen LogP contribution in [0.5, 0.6) is 0 Å². The lowest BCUT2D eigenvalue weighted by Crippen LogP contribution is -2.28. The van der Waals surface area contributed by atoms with Crippen molar-refractivity contribution >= 4 is 11.3 Å². The maximum atomic E-state index is 5.60. The molecule has 92 valence electrons. The van der Waals surface area contributed by atoms with Crippen LogP contribution in [-0.4, -0.2) is 14.8 Å². The molecule has 0 amide bonds. The van der Waals surface area contributed by atoms with E-state index in [1.165, 1.54) is 5.56 Å². The summed E-state index contributed by atoms with van der Waals surface area (Å²) in [6.07, 6.45) is 6.66. The summed E-state index contributed by atoms with van der Waals surface area (Å²) >= 11 is 1.67. The summed E-state index contributed by atoms with van der Waals surface area (Å²) < 4.78 is 1.92. The van der Waals surface area contributed by atoms with Gasteiger partial charge < -0.3 is 0 Å². The first-order chi connectivity index (χ1) is 8.22. The molecule has 1 unspecified atom stereocenters. The smallest absolute Gasteiger partial charge is 0.0897 e. The summed E-state index contributed by atoms with van der Waals surface area (Å²) in [4.78, 5) is 5.41. The van der Waals surface area contributed by atoms with Crippen LogP contribution < -0.4 is 11.3 Å². The Balaban J connectivity index is 2.09. The van der Waals surface area contributed by atoms with Crippen molar-refractivity contribution in [3.05, 3.63) is 34.0 Å². The Morgan fingerprint density at radius 3 is 2.88 bits per heavy atom. The maximum absolute atomic E-state index is 5.60. The largest absolute Gasteiger partial charge is 0.273 e. The molecule has 0 spiro atoms. The highest BCUT2D eigenvalue weighted by molar-refractivity contribution is 7.11. The second-order valence-corrected chi connectivity index (χ2v) is 5.18. The van der Waals surface area contributed by atoms with Crippen LogP contribution in [0.25, 0.3) is 0 Å². The molecule has 2 heterocycles. The van der Waals surface area contributed by atoms with Gasteiger partial charge in [0.05, 0.1) is 17.2 Å². The van der Waals surface area contributed by atoms with E-state index in [1.54, 1.807) is 11.3 Å². The fourth-order valence-corrected chi connectivity index (χ4v) is 2.55. The number of nitrogens with zero attached hydrogens (tertiary/aromatic N) is 3. The zero-order chi connectivity index (χ0) is 12.3. The van der Waals surface area contributed by atoms with Crippen molar-refractivity contribution in [2.75, 3.05) is 0 Å². The molecule has 3 N–H and O–H groups in total. The topological polar surface area (TPSA) is 68.8 Å². The number of nitrogens with one attached hydrogen (secondary N) is 1. The SMILES string of the molecule is CCn1cc(CC(NN)c2cnc(C)s2)cn1. The molecule has 2 aromatic heterocycles. The van der Waals surface area contributed by atoms with Gasteiger partial charge in [-0.25, -0.2) is 4.98 Å². The molecule has 5 nitrogen and oxygen atoms in total. The number of aromatic nitrogens is 3. The molecule has 0 aliphatic heterocycles. The highest BCUT2D eigenvalue weighted by Gasteiger charge is 2.14. The molecule has 0 aliphatic rings. The summed E-state index contributed by atoms with van der Waals surface area (Å²) in [6, 6.07) is 0.107. The van der Waals surface area contributed by atoms with E-state index in [1.807, 2.05) is 24.0 Å². The fourth-order valence-electron chi connectivity index (χ4n) is 1.70. The van der Waals surface area contributed by atoms with E-state index in [-0.39, 0.29) is 6.04 Å². The molecule has 1 atom stereocenters. The highest BCUT2D eigenvalue weighted by Crippen LogP contribution is 2.23. The number of thiazole rings is 1. The van der Waals surface area contributed by atoms with Gasteiger partial charge in [-0.1, -0.05) is 0 Å². The lowest BCUT2D eigenvalue weighted by Gasteiger charge is -2.11. The van der Waals surface area contributed by atoms with Crippen LogP contribution in [0.4, 0.5) is 0 Å². The summed E-state index contributed by atoms with van der Waals surface area (Å²) in [5.74, 6) is 5.60. The lowest BCUT2D eigenvalue weighted by molar-refractivity contribution is 0.559. The van der Waals surface area contributed by atoms with Gasteiger partial charge in [-0.2, -0.15) is 5.10 Å². The van der Waals surface area contributed by atoms with Crippen molar-refractivity contribution in [2.45, 2.75) is 32.9 Å². The Kier molecular flexibility index (Phi) is 3.88. The minimum atomic E-state index is 0.107. The zero-order valence-corrected chi connectivity index (χ0v) is 10.9. The third-order valence-corrected chi connectivity index (χ3v) is 3.66. The van der Waals surface area contributed by atoms with Gasteiger partial charge in [-0.3, -0.25) is 16.0 Å². The van der Waals surface area contributed by atoms with Gasteiger partial charge in [0.25, 0.3) is 0 Å². The number of hydrazine groups is 1. The predicted octanol–water partition coefficient (Wildman–Crippen LogP) is 1.42. The third-order valence-electron chi connectivity index (χ3n) is 2.63. The molecule has 2 aromatic rings. The van der Waals surface area contributed by atoms with E-state index < -0.39 is 0 Å². The fraction of sp³-hybridized carbons (Fsp3) is 0.455. The van der Waals surface area contributed by atoms with Crippen LogP contribution in [0.1, 0.15) is 28.4 Å². The summed E-state index contributed by atoms with van der Waals surface area (Å²) in [7, 11) is 0. The van der Waals surface area contributed by atoms with Gasteiger partial charge in [0, 0.05) is 23.8 Å². The van der Waals surface area contributed by atoms with Gasteiger partial charge in [0.2, 0.25) is 0 Å². The Hall–Kier alpha value is -1.24. The average molecular weight is 251 g/mol. The molecular formula is C11H17N5S. The minimum Gasteiger partial charge on any atom is -0.273 e. The van der Waals surface area contributed by atoms with Gasteiger partial charge in [0.1, 0.15) is 0 Å². The van der Waals surface area contributed by atoms with Crippen LogP contribution in [-0.2, 0) is 13.0 Å². The molecule has 17 heavy (non-hydrogen) atoms. The quantitative estimate of drug-likeness (QED) is 0.623. The molecule has 0 aliphatic carbocycles. The number of aryl methyl sites for hydroxylation is 2. The van der Waals surface area contributed by atoms with E-state index in [0.717, 1.165) is 22.9 Å². The van der Waals surface area contributed by atoms with Crippen molar-refractivity contribution < 1.29 is 0 Å². The first-order valence-electron chi connectivity index (χ1n) is 5.62. The third kappa shape index (κ3) is 2.91. The summed E-state index contributed by atoms with van der Waals surface area (Å²) in [5, 5.41) is 5.32. The van der Waals surface area contributed by atoms with Crippen LogP contribution in [0.2, 0.25) is 0 Å². The monoisotopic (exact) mass is 251 g/mol. The Bertz CT molecular complexity index is 476.